The molecular weight excluding hydrogens is 338 g/mol. The number of halogens is 1. The van der Waals surface area contributed by atoms with Gasteiger partial charge >= 0.3 is 0 Å². The lowest BCUT2D eigenvalue weighted by Gasteiger charge is -2.19. The van der Waals surface area contributed by atoms with Gasteiger partial charge in [-0.25, -0.2) is 4.98 Å². The number of nitrogens with one attached hydrogen (secondary N) is 1. The van der Waals surface area contributed by atoms with E-state index in [-0.39, 0.29) is 11.6 Å². The van der Waals surface area contributed by atoms with Crippen LogP contribution in [0.3, 0.4) is 0 Å². The Morgan fingerprint density at radius 3 is 2.80 bits per heavy atom. The van der Waals surface area contributed by atoms with Crippen LogP contribution in [0.5, 0.6) is 0 Å². The lowest BCUT2D eigenvalue weighted by molar-refractivity contribution is 0.196. The first-order valence-electron chi connectivity index (χ1n) is 8.12. The zero-order valence-electron chi connectivity index (χ0n) is 14.2. The van der Waals surface area contributed by atoms with Crippen molar-refractivity contribution in [1.82, 2.24) is 14.9 Å². The van der Waals surface area contributed by atoms with E-state index in [2.05, 4.69) is 5.32 Å². The van der Waals surface area contributed by atoms with Crippen LogP contribution in [0.25, 0.3) is 16.6 Å². The molecule has 1 heterocycles. The number of methoxy groups -OCH3 is 1. The van der Waals surface area contributed by atoms with E-state index in [4.69, 9.17) is 21.3 Å². The maximum atomic E-state index is 13.1. The Labute approximate surface area is 151 Å². The molecule has 3 aromatic rings. The molecule has 1 unspecified atom stereocenters. The third-order valence-electron chi connectivity index (χ3n) is 4.01. The molecule has 1 aromatic heterocycles. The molecule has 0 saturated carbocycles. The van der Waals surface area contributed by atoms with Crippen molar-refractivity contribution in [2.75, 3.05) is 20.3 Å². The van der Waals surface area contributed by atoms with E-state index in [0.29, 0.717) is 40.6 Å². The number of para-hydroxylation sites is 1. The number of fused-ring (bicyclic) bond motifs is 1. The summed E-state index contributed by atoms with van der Waals surface area (Å²) < 4.78 is 6.71. The maximum Gasteiger partial charge on any atom is 0.266 e. The molecule has 0 amide bonds. The lowest BCUT2D eigenvalue weighted by Crippen LogP contribution is -2.31. The van der Waals surface area contributed by atoms with Crippen LogP contribution in [-0.2, 0) is 4.74 Å². The highest BCUT2D eigenvalue weighted by atomic mass is 35.5. The predicted molar refractivity (Wildman–Crippen MR) is 101 cm³/mol. The number of hydrogen-bond donors (Lipinski definition) is 1. The van der Waals surface area contributed by atoms with Crippen LogP contribution in [-0.4, -0.2) is 29.8 Å². The van der Waals surface area contributed by atoms with Crippen LogP contribution in [0, 0.1) is 0 Å². The van der Waals surface area contributed by atoms with Crippen molar-refractivity contribution in [3.8, 4) is 5.69 Å². The minimum atomic E-state index is -0.133. The Hall–Kier alpha value is -2.21. The molecule has 2 aromatic carbocycles. The second kappa shape index (κ2) is 7.78. The highest BCUT2D eigenvalue weighted by Gasteiger charge is 2.17. The van der Waals surface area contributed by atoms with Gasteiger partial charge in [-0.3, -0.25) is 9.36 Å². The summed E-state index contributed by atoms with van der Waals surface area (Å²) in [6.07, 6.45) is 0. The summed E-state index contributed by atoms with van der Waals surface area (Å²) in [4.78, 5) is 17.9. The smallest absolute Gasteiger partial charge is 0.266 e. The van der Waals surface area contributed by atoms with Crippen molar-refractivity contribution < 1.29 is 4.74 Å². The fraction of sp³-hybridized carbons (Fsp3) is 0.263. The molecule has 0 radical (unpaired) electrons. The number of aromatic nitrogens is 2. The lowest BCUT2D eigenvalue weighted by atomic mass is 10.2. The molecule has 5 nitrogen and oxygen atoms in total. The van der Waals surface area contributed by atoms with Gasteiger partial charge in [0.1, 0.15) is 5.82 Å². The summed E-state index contributed by atoms with van der Waals surface area (Å²) in [5, 5.41) is 4.49. The van der Waals surface area contributed by atoms with E-state index in [1.807, 2.05) is 37.3 Å². The molecule has 0 aliphatic rings. The Bertz CT molecular complexity index is 939. The first-order chi connectivity index (χ1) is 12.1. The van der Waals surface area contributed by atoms with Crippen molar-refractivity contribution in [3.63, 3.8) is 0 Å². The number of hydrogen-bond acceptors (Lipinski definition) is 4. The summed E-state index contributed by atoms with van der Waals surface area (Å²) in [6.45, 7) is 3.22. The number of rotatable bonds is 6. The average molecular weight is 358 g/mol. The van der Waals surface area contributed by atoms with Crippen LogP contribution in [0.2, 0.25) is 5.02 Å². The summed E-state index contributed by atoms with van der Waals surface area (Å²) in [5.41, 5.74) is 1.27. The van der Waals surface area contributed by atoms with Crippen molar-refractivity contribution in [3.05, 3.63) is 69.7 Å². The Morgan fingerprint density at radius 2 is 2.04 bits per heavy atom. The second-order valence-corrected chi connectivity index (χ2v) is 6.21. The monoisotopic (exact) mass is 357 g/mol. The van der Waals surface area contributed by atoms with Gasteiger partial charge in [0.25, 0.3) is 5.56 Å². The molecule has 0 spiro atoms. The molecular formula is C19H20ClN3O2. The molecule has 25 heavy (non-hydrogen) atoms. The average Bonchev–Trinajstić information content (AvgIpc) is 2.61. The Kier molecular flexibility index (Phi) is 5.48. The summed E-state index contributed by atoms with van der Waals surface area (Å²) in [6, 6.07) is 14.5. The highest BCUT2D eigenvalue weighted by molar-refractivity contribution is 6.30. The van der Waals surface area contributed by atoms with Gasteiger partial charge < -0.3 is 10.1 Å². The van der Waals surface area contributed by atoms with Gasteiger partial charge in [0, 0.05) is 18.7 Å². The minimum Gasteiger partial charge on any atom is -0.383 e. The Morgan fingerprint density at radius 1 is 1.24 bits per heavy atom. The zero-order valence-corrected chi connectivity index (χ0v) is 15.0. The summed E-state index contributed by atoms with van der Waals surface area (Å²) >= 11 is 6.13. The number of benzene rings is 2. The van der Waals surface area contributed by atoms with Gasteiger partial charge in [-0.1, -0.05) is 29.8 Å². The van der Waals surface area contributed by atoms with E-state index < -0.39 is 0 Å². The van der Waals surface area contributed by atoms with Crippen molar-refractivity contribution in [2.45, 2.75) is 13.0 Å². The normalized spacial score (nSPS) is 12.4. The molecule has 3 rings (SSSR count). The standard InChI is InChI=1S/C19H20ClN3O2/c1-13(21-10-11-25-2)18-22-17-9-4-3-8-16(17)19(24)23(18)15-7-5-6-14(20)12-15/h3-9,12-13,21H,10-11H2,1-2H3. The third-order valence-corrected chi connectivity index (χ3v) is 4.25. The molecule has 0 aliphatic heterocycles. The first-order valence-corrected chi connectivity index (χ1v) is 8.49. The maximum absolute atomic E-state index is 13.1. The molecule has 0 fully saturated rings. The van der Waals surface area contributed by atoms with E-state index in [9.17, 15) is 4.79 Å². The van der Waals surface area contributed by atoms with Gasteiger partial charge in [-0.2, -0.15) is 0 Å². The molecule has 6 heteroatoms. The second-order valence-electron chi connectivity index (χ2n) is 5.78. The number of ether oxygens (including phenoxy) is 1. The van der Waals surface area contributed by atoms with Crippen LogP contribution >= 0.6 is 11.6 Å². The largest absolute Gasteiger partial charge is 0.383 e. The Balaban J connectivity index is 2.19. The first kappa shape index (κ1) is 17.6. The third kappa shape index (κ3) is 3.74. The number of nitrogens with zero attached hydrogens (tertiary/aromatic N) is 2. The summed E-state index contributed by atoms with van der Waals surface area (Å²) in [7, 11) is 1.66. The van der Waals surface area contributed by atoms with Gasteiger partial charge in [0.15, 0.2) is 0 Å². The summed E-state index contributed by atoms with van der Waals surface area (Å²) in [5.74, 6) is 0.641. The molecule has 0 aliphatic carbocycles. The van der Waals surface area contributed by atoms with Gasteiger partial charge in [0.05, 0.1) is 29.2 Å². The molecule has 1 N–H and O–H groups in total. The van der Waals surface area contributed by atoms with Crippen molar-refractivity contribution in [2.24, 2.45) is 0 Å². The van der Waals surface area contributed by atoms with Crippen LogP contribution in [0.1, 0.15) is 18.8 Å². The predicted octanol–water partition coefficient (Wildman–Crippen LogP) is 3.34. The van der Waals surface area contributed by atoms with Gasteiger partial charge in [0.2, 0.25) is 0 Å². The van der Waals surface area contributed by atoms with Gasteiger partial charge in [-0.15, -0.1) is 0 Å². The fourth-order valence-corrected chi connectivity index (χ4v) is 2.96. The van der Waals surface area contributed by atoms with Gasteiger partial charge in [-0.05, 0) is 37.3 Å². The molecule has 0 bridgehead atoms. The molecule has 130 valence electrons. The van der Waals surface area contributed by atoms with Crippen molar-refractivity contribution >= 4 is 22.5 Å². The molecule has 0 saturated heterocycles. The van der Waals surface area contributed by atoms with Crippen LogP contribution in [0.15, 0.2) is 53.3 Å². The van der Waals surface area contributed by atoms with Crippen molar-refractivity contribution in [1.29, 1.82) is 0 Å². The zero-order chi connectivity index (χ0) is 17.8. The fourth-order valence-electron chi connectivity index (χ4n) is 2.77. The van der Waals surface area contributed by atoms with E-state index in [1.54, 1.807) is 29.9 Å². The van der Waals surface area contributed by atoms with E-state index in [1.165, 1.54) is 0 Å². The van der Waals surface area contributed by atoms with Crippen LogP contribution < -0.4 is 10.9 Å². The SMILES string of the molecule is COCCNC(C)c1nc2ccccc2c(=O)n1-c1cccc(Cl)c1. The van der Waals surface area contributed by atoms with E-state index >= 15 is 0 Å². The quantitative estimate of drug-likeness (QED) is 0.687. The minimum absolute atomic E-state index is 0.108. The highest BCUT2D eigenvalue weighted by Crippen LogP contribution is 2.20. The van der Waals surface area contributed by atoms with E-state index in [0.717, 1.165) is 0 Å². The van der Waals surface area contributed by atoms with Crippen LogP contribution in [0.4, 0.5) is 0 Å². The topological polar surface area (TPSA) is 56.1 Å². The molecule has 1 atom stereocenters.